The first-order valence-corrected chi connectivity index (χ1v) is 9.05. The lowest BCUT2D eigenvalue weighted by Crippen LogP contribution is -2.10. The highest BCUT2D eigenvalue weighted by molar-refractivity contribution is 5.69. The van der Waals surface area contributed by atoms with Crippen molar-refractivity contribution in [3.8, 4) is 22.9 Å². The number of nitrogens with zero attached hydrogens (tertiary/aromatic N) is 2. The van der Waals surface area contributed by atoms with Crippen molar-refractivity contribution in [2.24, 2.45) is 0 Å². The lowest BCUT2D eigenvalue weighted by atomic mass is 10.2. The van der Waals surface area contributed by atoms with Gasteiger partial charge in [0.25, 0.3) is 5.89 Å². The summed E-state index contributed by atoms with van der Waals surface area (Å²) in [5, 5.41) is 3.93. The Balaban J connectivity index is 1.47. The van der Waals surface area contributed by atoms with Crippen LogP contribution in [0.3, 0.4) is 0 Å². The molecule has 7 heteroatoms. The Hall–Kier alpha value is -3.35. The predicted octanol–water partition coefficient (Wildman–Crippen LogP) is 3.96. The molecule has 1 aromatic heterocycles. The Bertz CT molecular complexity index is 905. The molecule has 0 aliphatic rings. The average Bonchev–Trinajstić information content (AvgIpc) is 3.17. The van der Waals surface area contributed by atoms with E-state index in [1.54, 1.807) is 0 Å². The van der Waals surface area contributed by atoms with Crippen LogP contribution in [-0.4, -0.2) is 29.3 Å². The van der Waals surface area contributed by atoms with Crippen molar-refractivity contribution in [3.05, 3.63) is 60.0 Å². The van der Waals surface area contributed by atoms with Crippen LogP contribution in [0.2, 0.25) is 0 Å². The van der Waals surface area contributed by atoms with E-state index in [-0.39, 0.29) is 25.5 Å². The molecule has 0 bridgehead atoms. The van der Waals surface area contributed by atoms with Gasteiger partial charge in [-0.05, 0) is 38.1 Å². The number of benzene rings is 2. The second-order valence-corrected chi connectivity index (χ2v) is 6.01. The van der Waals surface area contributed by atoms with Crippen LogP contribution in [0.4, 0.5) is 0 Å². The third-order valence-electron chi connectivity index (χ3n) is 3.85. The molecule has 0 unspecified atom stereocenters. The van der Waals surface area contributed by atoms with Crippen molar-refractivity contribution in [1.29, 1.82) is 0 Å². The van der Waals surface area contributed by atoms with Crippen LogP contribution < -0.4 is 9.47 Å². The van der Waals surface area contributed by atoms with Gasteiger partial charge in [-0.15, -0.1) is 0 Å². The smallest absolute Gasteiger partial charge is 0.309 e. The van der Waals surface area contributed by atoms with Gasteiger partial charge < -0.3 is 18.7 Å². The molecule has 2 aromatic carbocycles. The van der Waals surface area contributed by atoms with E-state index in [9.17, 15) is 4.79 Å². The Morgan fingerprint density at radius 3 is 2.64 bits per heavy atom. The topological polar surface area (TPSA) is 83.7 Å². The molecule has 0 amide bonds. The molecule has 0 aliphatic carbocycles. The summed E-state index contributed by atoms with van der Waals surface area (Å²) in [5.74, 6) is 1.59. The lowest BCUT2D eigenvalue weighted by Gasteiger charge is -2.06. The molecule has 7 nitrogen and oxygen atoms in total. The molecule has 0 atom stereocenters. The van der Waals surface area contributed by atoms with E-state index in [0.29, 0.717) is 23.9 Å². The van der Waals surface area contributed by atoms with Crippen molar-refractivity contribution in [2.75, 3.05) is 13.2 Å². The lowest BCUT2D eigenvalue weighted by molar-refractivity contribution is -0.146. The van der Waals surface area contributed by atoms with Gasteiger partial charge in [0, 0.05) is 0 Å². The zero-order valence-corrected chi connectivity index (χ0v) is 15.9. The van der Waals surface area contributed by atoms with E-state index < -0.39 is 5.97 Å². The molecule has 0 saturated heterocycles. The van der Waals surface area contributed by atoms with E-state index in [2.05, 4.69) is 10.1 Å². The summed E-state index contributed by atoms with van der Waals surface area (Å²) in [6, 6.07) is 15.0. The first-order chi connectivity index (χ1) is 13.7. The summed E-state index contributed by atoms with van der Waals surface area (Å²) in [7, 11) is 0. The zero-order valence-electron chi connectivity index (χ0n) is 15.9. The second-order valence-electron chi connectivity index (χ2n) is 6.01. The zero-order chi connectivity index (χ0) is 19.8. The number of para-hydroxylation sites is 1. The molecule has 1 heterocycles. The maximum Gasteiger partial charge on any atom is 0.309 e. The summed E-state index contributed by atoms with van der Waals surface area (Å²) >= 11 is 0. The summed E-state index contributed by atoms with van der Waals surface area (Å²) in [6.45, 7) is 4.58. The Morgan fingerprint density at radius 2 is 1.86 bits per heavy atom. The van der Waals surface area contributed by atoms with Crippen molar-refractivity contribution in [1.82, 2.24) is 10.1 Å². The fourth-order valence-electron chi connectivity index (χ4n) is 2.46. The predicted molar refractivity (Wildman–Crippen MR) is 102 cm³/mol. The largest absolute Gasteiger partial charge is 0.493 e. The Kier molecular flexibility index (Phi) is 6.62. The second kappa shape index (κ2) is 9.55. The number of carbonyl (C=O) groups excluding carboxylic acids is 1. The molecule has 3 aromatic rings. The molecule has 0 N–H and O–H groups in total. The van der Waals surface area contributed by atoms with Crippen LogP contribution >= 0.6 is 0 Å². The normalized spacial score (nSPS) is 10.5. The van der Waals surface area contributed by atoms with Crippen molar-refractivity contribution in [2.45, 2.75) is 26.9 Å². The van der Waals surface area contributed by atoms with Crippen LogP contribution in [0.25, 0.3) is 11.4 Å². The van der Waals surface area contributed by atoms with Crippen LogP contribution in [-0.2, 0) is 16.1 Å². The van der Waals surface area contributed by atoms with Gasteiger partial charge in [-0.3, -0.25) is 4.79 Å². The number of carbonyl (C=O) groups is 1. The third-order valence-corrected chi connectivity index (χ3v) is 3.85. The van der Waals surface area contributed by atoms with E-state index in [1.165, 1.54) is 0 Å². The molecular weight excluding hydrogens is 360 g/mol. The monoisotopic (exact) mass is 382 g/mol. The van der Waals surface area contributed by atoms with Gasteiger partial charge in [0.15, 0.2) is 6.61 Å². The SMILES string of the molecule is CCOc1ccccc1-c1noc(COC(=O)CCOc2ccc(C)cc2)n1. The molecule has 146 valence electrons. The summed E-state index contributed by atoms with van der Waals surface area (Å²) in [4.78, 5) is 16.1. The first kappa shape index (κ1) is 19.4. The number of esters is 1. The Labute approximate surface area is 163 Å². The highest BCUT2D eigenvalue weighted by atomic mass is 16.6. The van der Waals surface area contributed by atoms with Gasteiger partial charge in [-0.2, -0.15) is 4.98 Å². The van der Waals surface area contributed by atoms with E-state index in [0.717, 1.165) is 11.1 Å². The molecule has 0 saturated carbocycles. The summed E-state index contributed by atoms with van der Waals surface area (Å²) in [5.41, 5.74) is 1.87. The van der Waals surface area contributed by atoms with E-state index >= 15 is 0 Å². The van der Waals surface area contributed by atoms with Crippen LogP contribution in [0, 0.1) is 6.92 Å². The van der Waals surface area contributed by atoms with E-state index in [4.69, 9.17) is 18.7 Å². The van der Waals surface area contributed by atoms with Gasteiger partial charge in [0.2, 0.25) is 5.82 Å². The average molecular weight is 382 g/mol. The number of aryl methyl sites for hydroxylation is 1. The summed E-state index contributed by atoms with van der Waals surface area (Å²) in [6.07, 6.45) is 0.127. The van der Waals surface area contributed by atoms with Crippen LogP contribution in [0.5, 0.6) is 11.5 Å². The third kappa shape index (κ3) is 5.33. The van der Waals surface area contributed by atoms with Crippen molar-refractivity contribution in [3.63, 3.8) is 0 Å². The molecule has 0 aliphatic heterocycles. The maximum atomic E-state index is 11.9. The standard InChI is InChI=1S/C21H22N2O5/c1-3-25-18-7-5-4-6-17(18)21-22-19(28-23-21)14-27-20(24)12-13-26-16-10-8-15(2)9-11-16/h4-11H,3,12-14H2,1-2H3. The van der Waals surface area contributed by atoms with Gasteiger partial charge in [0.1, 0.15) is 11.5 Å². The quantitative estimate of drug-likeness (QED) is 0.518. The number of aromatic nitrogens is 2. The minimum atomic E-state index is -0.401. The minimum absolute atomic E-state index is 0.0901. The molecular formula is C21H22N2O5. The highest BCUT2D eigenvalue weighted by Crippen LogP contribution is 2.27. The molecule has 0 radical (unpaired) electrons. The minimum Gasteiger partial charge on any atom is -0.493 e. The van der Waals surface area contributed by atoms with Gasteiger partial charge in [-0.25, -0.2) is 0 Å². The summed E-state index contributed by atoms with van der Waals surface area (Å²) < 4.78 is 21.4. The highest BCUT2D eigenvalue weighted by Gasteiger charge is 2.14. The van der Waals surface area contributed by atoms with Crippen molar-refractivity contribution < 1.29 is 23.5 Å². The molecule has 3 rings (SSSR count). The maximum absolute atomic E-state index is 11.9. The van der Waals surface area contributed by atoms with Gasteiger partial charge in [0.05, 0.1) is 25.2 Å². The molecule has 28 heavy (non-hydrogen) atoms. The number of ether oxygens (including phenoxy) is 3. The fourth-order valence-corrected chi connectivity index (χ4v) is 2.46. The number of hydrogen-bond acceptors (Lipinski definition) is 7. The fraction of sp³-hybridized carbons (Fsp3) is 0.286. The first-order valence-electron chi connectivity index (χ1n) is 9.05. The van der Waals surface area contributed by atoms with Gasteiger partial charge in [-0.1, -0.05) is 35.0 Å². The Morgan fingerprint density at radius 1 is 1.07 bits per heavy atom. The van der Waals surface area contributed by atoms with E-state index in [1.807, 2.05) is 62.4 Å². The van der Waals surface area contributed by atoms with Crippen LogP contribution in [0.1, 0.15) is 24.8 Å². The van der Waals surface area contributed by atoms with Crippen molar-refractivity contribution >= 4 is 5.97 Å². The number of hydrogen-bond donors (Lipinski definition) is 0. The molecule has 0 spiro atoms. The molecule has 0 fully saturated rings. The van der Waals surface area contributed by atoms with Crippen LogP contribution in [0.15, 0.2) is 53.1 Å². The number of rotatable bonds is 9. The van der Waals surface area contributed by atoms with Gasteiger partial charge >= 0.3 is 5.97 Å².